The molecule has 0 spiro atoms. The largest absolute Gasteiger partial charge is 0.493 e. The van der Waals surface area contributed by atoms with Crippen LogP contribution in [-0.4, -0.2) is 25.3 Å². The number of ether oxygens (including phenoxy) is 2. The zero-order valence-corrected chi connectivity index (χ0v) is 9.78. The van der Waals surface area contributed by atoms with Gasteiger partial charge in [0.05, 0.1) is 14.2 Å². The molecule has 0 aliphatic rings. The molecule has 1 aromatic carbocycles. The molecule has 5 heteroatoms. The summed E-state index contributed by atoms with van der Waals surface area (Å²) in [4.78, 5) is 10.3. The van der Waals surface area contributed by atoms with Crippen LogP contribution in [0.5, 0.6) is 11.5 Å². The van der Waals surface area contributed by atoms with Gasteiger partial charge in [0.1, 0.15) is 0 Å². The highest BCUT2D eigenvalue weighted by Crippen LogP contribution is 2.27. The first-order chi connectivity index (χ1) is 7.17. The summed E-state index contributed by atoms with van der Waals surface area (Å²) in [6.07, 6.45) is 2.56. The molecule has 0 saturated carbocycles. The van der Waals surface area contributed by atoms with Gasteiger partial charge in [0.25, 0.3) is 0 Å². The third-order valence-electron chi connectivity index (χ3n) is 1.83. The molecule has 1 rings (SSSR count). The summed E-state index contributed by atoms with van der Waals surface area (Å²) in [6.45, 7) is 0. The van der Waals surface area contributed by atoms with Gasteiger partial charge in [-0.25, -0.2) is 4.79 Å². The minimum absolute atomic E-state index is 0. The van der Waals surface area contributed by atoms with E-state index < -0.39 is 5.97 Å². The number of methoxy groups -OCH3 is 2. The Morgan fingerprint density at radius 3 is 2.38 bits per heavy atom. The third kappa shape index (κ3) is 3.82. The molecule has 0 fully saturated rings. The maximum absolute atomic E-state index is 10.3. The van der Waals surface area contributed by atoms with Crippen molar-refractivity contribution >= 4 is 24.5 Å². The molecule has 0 saturated heterocycles. The first kappa shape index (κ1) is 14.3. The molecule has 0 bridgehead atoms. The van der Waals surface area contributed by atoms with Crippen LogP contribution < -0.4 is 9.47 Å². The minimum Gasteiger partial charge on any atom is -0.493 e. The van der Waals surface area contributed by atoms with Crippen LogP contribution in [0, 0.1) is 0 Å². The molecule has 0 aromatic heterocycles. The lowest BCUT2D eigenvalue weighted by molar-refractivity contribution is -0.131. The van der Waals surface area contributed by atoms with Gasteiger partial charge >= 0.3 is 5.97 Å². The first-order valence-electron chi connectivity index (χ1n) is 4.30. The second-order valence-electron chi connectivity index (χ2n) is 2.79. The normalized spacial score (nSPS) is 9.62. The Labute approximate surface area is 99.9 Å². The Morgan fingerprint density at radius 1 is 1.25 bits per heavy atom. The van der Waals surface area contributed by atoms with E-state index in [0.717, 1.165) is 11.6 Å². The van der Waals surface area contributed by atoms with E-state index in [1.54, 1.807) is 25.3 Å². The van der Waals surface area contributed by atoms with Crippen molar-refractivity contribution < 1.29 is 19.4 Å². The first-order valence-corrected chi connectivity index (χ1v) is 4.30. The molecule has 0 unspecified atom stereocenters. The van der Waals surface area contributed by atoms with E-state index in [-0.39, 0.29) is 12.4 Å². The van der Waals surface area contributed by atoms with Gasteiger partial charge in [-0.2, -0.15) is 0 Å². The van der Waals surface area contributed by atoms with Gasteiger partial charge in [-0.05, 0) is 23.8 Å². The predicted molar refractivity (Wildman–Crippen MR) is 63.5 cm³/mol. The van der Waals surface area contributed by atoms with Crippen LogP contribution in [0.25, 0.3) is 6.08 Å². The predicted octanol–water partition coefficient (Wildman–Crippen LogP) is 2.22. The van der Waals surface area contributed by atoms with Crippen molar-refractivity contribution in [3.63, 3.8) is 0 Å². The molecule has 1 aromatic rings. The summed E-state index contributed by atoms with van der Waals surface area (Å²) in [6, 6.07) is 5.18. The SMILES string of the molecule is COc1ccc(C=CC(=O)O)cc1OC.Cl. The van der Waals surface area contributed by atoms with Gasteiger partial charge in [0.2, 0.25) is 0 Å². The molecule has 4 nitrogen and oxygen atoms in total. The summed E-state index contributed by atoms with van der Waals surface area (Å²) >= 11 is 0. The van der Waals surface area contributed by atoms with Crippen LogP contribution in [0.4, 0.5) is 0 Å². The average Bonchev–Trinajstić information content (AvgIpc) is 2.25. The molecular formula is C11H13ClO4. The van der Waals surface area contributed by atoms with Crippen molar-refractivity contribution in [1.82, 2.24) is 0 Å². The molecule has 0 radical (unpaired) electrons. The quantitative estimate of drug-likeness (QED) is 0.826. The van der Waals surface area contributed by atoms with E-state index in [9.17, 15) is 4.79 Å². The zero-order valence-electron chi connectivity index (χ0n) is 8.97. The highest BCUT2D eigenvalue weighted by molar-refractivity contribution is 5.85. The van der Waals surface area contributed by atoms with Gasteiger partial charge in [0, 0.05) is 6.08 Å². The number of hydrogen-bond acceptors (Lipinski definition) is 3. The van der Waals surface area contributed by atoms with E-state index >= 15 is 0 Å². The van der Waals surface area contributed by atoms with Gasteiger partial charge in [-0.3, -0.25) is 0 Å². The van der Waals surface area contributed by atoms with Crippen molar-refractivity contribution in [2.24, 2.45) is 0 Å². The summed E-state index contributed by atoms with van der Waals surface area (Å²) in [5.74, 6) is 0.208. The van der Waals surface area contributed by atoms with Gasteiger partial charge < -0.3 is 14.6 Å². The number of halogens is 1. The lowest BCUT2D eigenvalue weighted by atomic mass is 10.2. The van der Waals surface area contributed by atoms with Crippen molar-refractivity contribution in [2.75, 3.05) is 14.2 Å². The van der Waals surface area contributed by atoms with E-state index in [4.69, 9.17) is 14.6 Å². The van der Waals surface area contributed by atoms with Crippen LogP contribution in [0.2, 0.25) is 0 Å². The molecular weight excluding hydrogens is 232 g/mol. The number of benzene rings is 1. The fourth-order valence-electron chi connectivity index (χ4n) is 1.12. The zero-order chi connectivity index (χ0) is 11.3. The fraction of sp³-hybridized carbons (Fsp3) is 0.182. The third-order valence-corrected chi connectivity index (χ3v) is 1.83. The lowest BCUT2D eigenvalue weighted by Gasteiger charge is -2.07. The Hall–Kier alpha value is -1.68. The van der Waals surface area contributed by atoms with E-state index in [1.165, 1.54) is 13.2 Å². The topological polar surface area (TPSA) is 55.8 Å². The number of carbonyl (C=O) groups is 1. The smallest absolute Gasteiger partial charge is 0.328 e. The molecule has 0 atom stereocenters. The minimum atomic E-state index is -0.982. The number of rotatable bonds is 4. The number of carboxylic acids is 1. The highest BCUT2D eigenvalue weighted by atomic mass is 35.5. The Balaban J connectivity index is 0.00000225. The van der Waals surface area contributed by atoms with Gasteiger partial charge in [-0.15, -0.1) is 12.4 Å². The maximum Gasteiger partial charge on any atom is 0.328 e. The van der Waals surface area contributed by atoms with E-state index in [2.05, 4.69) is 0 Å². The number of aliphatic carboxylic acids is 1. The monoisotopic (exact) mass is 244 g/mol. The van der Waals surface area contributed by atoms with Crippen LogP contribution in [0.3, 0.4) is 0 Å². The number of hydrogen-bond donors (Lipinski definition) is 1. The summed E-state index contributed by atoms with van der Waals surface area (Å²) in [5.41, 5.74) is 0.745. The Kier molecular flexibility index (Phi) is 6.03. The fourth-order valence-corrected chi connectivity index (χ4v) is 1.12. The van der Waals surface area contributed by atoms with Crippen LogP contribution >= 0.6 is 12.4 Å². The van der Waals surface area contributed by atoms with Crippen LogP contribution in [0.15, 0.2) is 24.3 Å². The van der Waals surface area contributed by atoms with Gasteiger partial charge in [-0.1, -0.05) is 6.07 Å². The van der Waals surface area contributed by atoms with Crippen molar-refractivity contribution in [2.45, 2.75) is 0 Å². The molecule has 0 amide bonds. The van der Waals surface area contributed by atoms with Crippen molar-refractivity contribution in [3.8, 4) is 11.5 Å². The number of carboxylic acid groups (broad SMARTS) is 1. The second-order valence-corrected chi connectivity index (χ2v) is 2.79. The molecule has 0 aliphatic carbocycles. The molecule has 1 N–H and O–H groups in total. The Bertz CT molecular complexity index is 388. The standard InChI is InChI=1S/C11H12O4.ClH/c1-14-9-5-3-8(4-6-11(12)13)7-10(9)15-2;/h3-7H,1-2H3,(H,12,13);1H. The lowest BCUT2D eigenvalue weighted by Crippen LogP contribution is -1.91. The highest BCUT2D eigenvalue weighted by Gasteiger charge is 2.02. The van der Waals surface area contributed by atoms with Crippen molar-refractivity contribution in [1.29, 1.82) is 0 Å². The maximum atomic E-state index is 10.3. The summed E-state index contributed by atoms with van der Waals surface area (Å²) in [7, 11) is 3.08. The molecule has 88 valence electrons. The molecule has 16 heavy (non-hydrogen) atoms. The van der Waals surface area contributed by atoms with Crippen LogP contribution in [0.1, 0.15) is 5.56 Å². The second kappa shape index (κ2) is 6.74. The van der Waals surface area contributed by atoms with Gasteiger partial charge in [0.15, 0.2) is 11.5 Å². The molecule has 0 heterocycles. The average molecular weight is 245 g/mol. The summed E-state index contributed by atoms with van der Waals surface area (Å²) < 4.78 is 10.1. The Morgan fingerprint density at radius 2 is 1.88 bits per heavy atom. The van der Waals surface area contributed by atoms with Crippen molar-refractivity contribution in [3.05, 3.63) is 29.8 Å². The van der Waals surface area contributed by atoms with E-state index in [0.29, 0.717) is 11.5 Å². The van der Waals surface area contributed by atoms with Crippen LogP contribution in [-0.2, 0) is 4.79 Å². The summed E-state index contributed by atoms with van der Waals surface area (Å²) in [5, 5.41) is 8.46. The molecule has 0 aliphatic heterocycles. The van der Waals surface area contributed by atoms with E-state index in [1.807, 2.05) is 0 Å².